The number of alkyl halides is 3. The molecule has 3 aliphatic rings. The third-order valence-electron chi connectivity index (χ3n) is 7.21. The first-order valence-corrected chi connectivity index (χ1v) is 11.9. The highest BCUT2D eigenvalue weighted by Gasteiger charge is 2.36. The van der Waals surface area contributed by atoms with Crippen LogP contribution in [0.25, 0.3) is 0 Å². The minimum absolute atomic E-state index is 0.107. The first-order chi connectivity index (χ1) is 13.9. The van der Waals surface area contributed by atoms with Gasteiger partial charge in [-0.15, -0.1) is 0 Å². The van der Waals surface area contributed by atoms with Crippen LogP contribution in [0.2, 0.25) is 0 Å². The molecular formula is C23H39F3O3. The lowest BCUT2D eigenvalue weighted by atomic mass is 9.70. The molecule has 0 spiro atoms. The van der Waals surface area contributed by atoms with Gasteiger partial charge in [-0.05, 0) is 82.5 Å². The van der Waals surface area contributed by atoms with Gasteiger partial charge in [0.1, 0.15) is 0 Å². The molecule has 3 rings (SSSR count). The Kier molecular flexibility index (Phi) is 9.12. The summed E-state index contributed by atoms with van der Waals surface area (Å²) in [4.78, 5) is 0. The summed E-state index contributed by atoms with van der Waals surface area (Å²) >= 11 is 0. The van der Waals surface area contributed by atoms with Crippen molar-refractivity contribution in [2.24, 2.45) is 23.7 Å². The molecule has 0 aromatic carbocycles. The summed E-state index contributed by atoms with van der Waals surface area (Å²) < 4.78 is 54.6. The molecule has 0 N–H and O–H groups in total. The Morgan fingerprint density at radius 1 is 0.828 bits per heavy atom. The van der Waals surface area contributed by atoms with Crippen molar-refractivity contribution >= 4 is 0 Å². The van der Waals surface area contributed by atoms with Gasteiger partial charge in [-0.3, -0.25) is 0 Å². The molecule has 1 heterocycles. The van der Waals surface area contributed by atoms with Gasteiger partial charge in [0.15, 0.2) is 6.29 Å². The van der Waals surface area contributed by atoms with E-state index >= 15 is 0 Å². The van der Waals surface area contributed by atoms with Crippen molar-refractivity contribution in [2.75, 3.05) is 19.8 Å². The van der Waals surface area contributed by atoms with E-state index in [1.165, 1.54) is 38.5 Å². The van der Waals surface area contributed by atoms with E-state index in [9.17, 15) is 13.2 Å². The zero-order valence-electron chi connectivity index (χ0n) is 17.9. The predicted molar refractivity (Wildman–Crippen MR) is 107 cm³/mol. The van der Waals surface area contributed by atoms with Gasteiger partial charge in [0.25, 0.3) is 0 Å². The molecule has 0 radical (unpaired) electrons. The molecule has 0 aromatic rings. The maximum absolute atomic E-state index is 12.3. The molecule has 0 bridgehead atoms. The van der Waals surface area contributed by atoms with E-state index < -0.39 is 12.6 Å². The average Bonchev–Trinajstić information content (AvgIpc) is 2.72. The predicted octanol–water partition coefficient (Wildman–Crippen LogP) is 6.50. The monoisotopic (exact) mass is 420 g/mol. The van der Waals surface area contributed by atoms with E-state index in [0.717, 1.165) is 37.7 Å². The summed E-state index contributed by atoms with van der Waals surface area (Å²) in [6.07, 6.45) is 7.24. The number of halogens is 3. The molecular weight excluding hydrogens is 381 g/mol. The fourth-order valence-electron chi connectivity index (χ4n) is 5.49. The molecule has 0 unspecified atom stereocenters. The van der Waals surface area contributed by atoms with E-state index in [0.29, 0.717) is 31.7 Å². The summed E-state index contributed by atoms with van der Waals surface area (Å²) in [5.41, 5.74) is 0. The van der Waals surface area contributed by atoms with E-state index in [4.69, 9.17) is 14.2 Å². The van der Waals surface area contributed by atoms with Crippen LogP contribution in [-0.4, -0.2) is 38.4 Å². The highest BCUT2D eigenvalue weighted by atomic mass is 19.4. The minimum Gasteiger partial charge on any atom is -0.378 e. The zero-order chi connectivity index (χ0) is 20.7. The van der Waals surface area contributed by atoms with E-state index in [-0.39, 0.29) is 18.6 Å². The molecule has 2 saturated carbocycles. The quantitative estimate of drug-likeness (QED) is 0.449. The van der Waals surface area contributed by atoms with Gasteiger partial charge in [0, 0.05) is 24.9 Å². The summed E-state index contributed by atoms with van der Waals surface area (Å²) in [6, 6.07) is 0. The van der Waals surface area contributed by atoms with Crippen molar-refractivity contribution in [1.29, 1.82) is 0 Å². The molecule has 3 fully saturated rings. The van der Waals surface area contributed by atoms with Crippen LogP contribution < -0.4 is 0 Å². The topological polar surface area (TPSA) is 27.7 Å². The summed E-state index contributed by atoms with van der Waals surface area (Å²) in [6.45, 7) is 4.15. The largest absolute Gasteiger partial charge is 0.389 e. The standard InChI is InChI=1S/C23H39F3O3/c1-2-14-27-21-11-9-19(10-12-21)18-5-7-20(8-6-18)22-28-15-17(16-29-22)4-3-13-23(24,25)26/h17-22H,2-16H2,1H3/t17-,18-,19-,20-,21-,22-. The van der Waals surface area contributed by atoms with Gasteiger partial charge >= 0.3 is 6.18 Å². The zero-order valence-corrected chi connectivity index (χ0v) is 17.9. The highest BCUT2D eigenvalue weighted by Crippen LogP contribution is 2.42. The summed E-state index contributed by atoms with van der Waals surface area (Å²) in [5.74, 6) is 2.24. The van der Waals surface area contributed by atoms with Crippen LogP contribution in [0.4, 0.5) is 13.2 Å². The maximum Gasteiger partial charge on any atom is 0.389 e. The van der Waals surface area contributed by atoms with Crippen molar-refractivity contribution in [3.05, 3.63) is 0 Å². The van der Waals surface area contributed by atoms with Crippen molar-refractivity contribution in [2.45, 2.75) is 103 Å². The van der Waals surface area contributed by atoms with Gasteiger partial charge in [-0.2, -0.15) is 13.2 Å². The Morgan fingerprint density at radius 2 is 1.38 bits per heavy atom. The van der Waals surface area contributed by atoms with Crippen LogP contribution in [0.3, 0.4) is 0 Å². The molecule has 6 heteroatoms. The average molecular weight is 421 g/mol. The molecule has 1 aliphatic heterocycles. The number of ether oxygens (including phenoxy) is 3. The molecule has 0 atom stereocenters. The number of hydrogen-bond donors (Lipinski definition) is 0. The van der Waals surface area contributed by atoms with Crippen molar-refractivity contribution in [3.63, 3.8) is 0 Å². The van der Waals surface area contributed by atoms with Crippen LogP contribution in [-0.2, 0) is 14.2 Å². The van der Waals surface area contributed by atoms with Gasteiger partial charge in [0.05, 0.1) is 19.3 Å². The number of hydrogen-bond acceptors (Lipinski definition) is 3. The Bertz CT molecular complexity index is 447. The van der Waals surface area contributed by atoms with Crippen molar-refractivity contribution in [1.82, 2.24) is 0 Å². The Hall–Kier alpha value is -0.330. The van der Waals surface area contributed by atoms with Crippen LogP contribution >= 0.6 is 0 Å². The Labute approximate surface area is 174 Å². The lowest BCUT2D eigenvalue weighted by Crippen LogP contribution is -2.39. The van der Waals surface area contributed by atoms with Crippen LogP contribution in [0, 0.1) is 23.7 Å². The first kappa shape index (κ1) is 23.3. The Morgan fingerprint density at radius 3 is 1.93 bits per heavy atom. The molecule has 29 heavy (non-hydrogen) atoms. The third kappa shape index (κ3) is 7.70. The van der Waals surface area contributed by atoms with Gasteiger partial charge in [0.2, 0.25) is 0 Å². The van der Waals surface area contributed by atoms with E-state index in [2.05, 4.69) is 6.92 Å². The Balaban J connectivity index is 1.29. The second kappa shape index (κ2) is 11.3. The fraction of sp³-hybridized carbons (Fsp3) is 1.00. The molecule has 3 nitrogen and oxygen atoms in total. The normalized spacial score (nSPS) is 36.8. The highest BCUT2D eigenvalue weighted by molar-refractivity contribution is 4.84. The third-order valence-corrected chi connectivity index (χ3v) is 7.21. The smallest absolute Gasteiger partial charge is 0.378 e. The van der Waals surface area contributed by atoms with Gasteiger partial charge in [-0.1, -0.05) is 6.92 Å². The molecule has 1 saturated heterocycles. The first-order valence-electron chi connectivity index (χ1n) is 11.9. The summed E-state index contributed by atoms with van der Waals surface area (Å²) in [5, 5.41) is 0. The summed E-state index contributed by atoms with van der Waals surface area (Å²) in [7, 11) is 0. The molecule has 2 aliphatic carbocycles. The molecule has 0 amide bonds. The molecule has 170 valence electrons. The minimum atomic E-state index is -4.06. The lowest BCUT2D eigenvalue weighted by molar-refractivity contribution is -0.231. The van der Waals surface area contributed by atoms with E-state index in [1.807, 2.05) is 0 Å². The van der Waals surface area contributed by atoms with Crippen LogP contribution in [0.5, 0.6) is 0 Å². The van der Waals surface area contributed by atoms with Gasteiger partial charge < -0.3 is 14.2 Å². The lowest BCUT2D eigenvalue weighted by Gasteiger charge is -2.41. The second-order valence-corrected chi connectivity index (χ2v) is 9.49. The van der Waals surface area contributed by atoms with Crippen LogP contribution in [0.1, 0.15) is 84.0 Å². The van der Waals surface area contributed by atoms with Crippen molar-refractivity contribution in [3.8, 4) is 0 Å². The van der Waals surface area contributed by atoms with E-state index in [1.54, 1.807) is 0 Å². The number of rotatable bonds is 8. The fourth-order valence-corrected chi connectivity index (χ4v) is 5.49. The van der Waals surface area contributed by atoms with Gasteiger partial charge in [-0.25, -0.2) is 0 Å². The maximum atomic E-state index is 12.3. The SMILES string of the molecule is CCCO[C@H]1CC[C@H]([C@H]2CC[C@H]([C@H]3OC[C@H](CCCC(F)(F)F)CO3)CC2)CC1. The molecule has 0 aromatic heterocycles. The second-order valence-electron chi connectivity index (χ2n) is 9.49. The van der Waals surface area contributed by atoms with Crippen LogP contribution in [0.15, 0.2) is 0 Å². The van der Waals surface area contributed by atoms with Crippen molar-refractivity contribution < 1.29 is 27.4 Å².